The van der Waals surface area contributed by atoms with E-state index in [0.29, 0.717) is 28.9 Å². The zero-order valence-corrected chi connectivity index (χ0v) is 13.2. The molecule has 22 heavy (non-hydrogen) atoms. The summed E-state index contributed by atoms with van der Waals surface area (Å²) in [6, 6.07) is 13.6. The van der Waals surface area contributed by atoms with Crippen molar-refractivity contribution in [3.63, 3.8) is 0 Å². The van der Waals surface area contributed by atoms with Gasteiger partial charge in [-0.2, -0.15) is 0 Å². The monoisotopic (exact) mass is 316 g/mol. The maximum absolute atomic E-state index is 13.0. The molecule has 0 aliphatic rings. The van der Waals surface area contributed by atoms with Gasteiger partial charge in [0, 0.05) is 11.8 Å². The minimum Gasteiger partial charge on any atom is -0.497 e. The van der Waals surface area contributed by atoms with E-state index >= 15 is 0 Å². The number of sulfone groups is 1. The Labute approximate surface area is 129 Å². The van der Waals surface area contributed by atoms with Crippen molar-refractivity contribution in [1.82, 2.24) is 0 Å². The highest BCUT2D eigenvalue weighted by Crippen LogP contribution is 2.34. The van der Waals surface area contributed by atoms with E-state index < -0.39 is 9.84 Å². The van der Waals surface area contributed by atoms with Gasteiger partial charge in [-0.15, -0.1) is 0 Å². The zero-order valence-electron chi connectivity index (χ0n) is 12.4. The molecule has 0 aliphatic heterocycles. The third kappa shape index (κ3) is 2.27. The largest absolute Gasteiger partial charge is 0.497 e. The number of methoxy groups -OCH3 is 1. The first-order valence-electron chi connectivity index (χ1n) is 6.97. The summed E-state index contributed by atoms with van der Waals surface area (Å²) in [6.07, 6.45) is 0.513. The highest BCUT2D eigenvalue weighted by molar-refractivity contribution is 7.91. The van der Waals surface area contributed by atoms with Crippen molar-refractivity contribution in [2.24, 2.45) is 0 Å². The Morgan fingerprint density at radius 1 is 1.05 bits per heavy atom. The molecule has 5 heteroatoms. The molecular formula is C17H16O4S. The van der Waals surface area contributed by atoms with Crippen LogP contribution in [-0.2, 0) is 16.3 Å². The molecule has 4 nitrogen and oxygen atoms in total. The topological polar surface area (TPSA) is 56.5 Å². The van der Waals surface area contributed by atoms with Crippen molar-refractivity contribution < 1.29 is 17.6 Å². The van der Waals surface area contributed by atoms with Crippen LogP contribution in [0.4, 0.5) is 0 Å². The van der Waals surface area contributed by atoms with Gasteiger partial charge >= 0.3 is 0 Å². The Kier molecular flexibility index (Phi) is 3.66. The molecule has 1 aromatic heterocycles. The minimum atomic E-state index is -3.64. The Morgan fingerprint density at radius 2 is 1.73 bits per heavy atom. The molecule has 1 heterocycles. The molecule has 114 valence electrons. The standard InChI is InChI=1S/C17H16O4S/c1-3-15-17(14-6-4-5-7-16(14)21-15)22(18,19)13-10-8-12(20-2)9-11-13/h4-11H,3H2,1-2H3. The van der Waals surface area contributed by atoms with Gasteiger partial charge in [-0.1, -0.05) is 19.1 Å². The summed E-state index contributed by atoms with van der Waals surface area (Å²) >= 11 is 0. The van der Waals surface area contributed by atoms with Gasteiger partial charge in [0.1, 0.15) is 22.0 Å². The normalized spacial score (nSPS) is 11.7. The molecular weight excluding hydrogens is 300 g/mol. The zero-order chi connectivity index (χ0) is 15.7. The Bertz CT molecular complexity index is 905. The molecule has 0 N–H and O–H groups in total. The first kappa shape index (κ1) is 14.7. The van der Waals surface area contributed by atoms with Gasteiger partial charge in [-0.3, -0.25) is 0 Å². The van der Waals surface area contributed by atoms with Crippen molar-refractivity contribution in [1.29, 1.82) is 0 Å². The molecule has 3 rings (SSSR count). The first-order chi connectivity index (χ1) is 10.6. The molecule has 0 amide bonds. The van der Waals surface area contributed by atoms with Crippen LogP contribution in [0.15, 0.2) is 62.7 Å². The maximum atomic E-state index is 13.0. The van der Waals surface area contributed by atoms with E-state index in [9.17, 15) is 8.42 Å². The first-order valence-corrected chi connectivity index (χ1v) is 8.45. The van der Waals surface area contributed by atoms with Gasteiger partial charge in [0.05, 0.1) is 12.0 Å². The number of hydrogen-bond acceptors (Lipinski definition) is 4. The predicted octanol–water partition coefficient (Wildman–Crippen LogP) is 3.84. The molecule has 0 atom stereocenters. The fraction of sp³-hybridized carbons (Fsp3) is 0.176. The maximum Gasteiger partial charge on any atom is 0.210 e. The van der Waals surface area contributed by atoms with Crippen LogP contribution in [0.2, 0.25) is 0 Å². The predicted molar refractivity (Wildman–Crippen MR) is 84.0 cm³/mol. The number of ether oxygens (including phenoxy) is 1. The minimum absolute atomic E-state index is 0.231. The van der Waals surface area contributed by atoms with Crippen LogP contribution < -0.4 is 4.74 Å². The summed E-state index contributed by atoms with van der Waals surface area (Å²) in [6.45, 7) is 1.88. The average molecular weight is 316 g/mol. The molecule has 0 bridgehead atoms. The lowest BCUT2D eigenvalue weighted by molar-refractivity contribution is 0.414. The number of benzene rings is 2. The van der Waals surface area contributed by atoms with Crippen molar-refractivity contribution in [3.05, 3.63) is 54.3 Å². The van der Waals surface area contributed by atoms with Crippen LogP contribution in [0, 0.1) is 0 Å². The average Bonchev–Trinajstić information content (AvgIpc) is 2.94. The van der Waals surface area contributed by atoms with Gasteiger partial charge in [-0.25, -0.2) is 8.42 Å². The van der Waals surface area contributed by atoms with Crippen LogP contribution in [0.25, 0.3) is 11.0 Å². The number of fused-ring (bicyclic) bond motifs is 1. The summed E-state index contributed by atoms with van der Waals surface area (Å²) in [5.41, 5.74) is 0.589. The molecule has 0 unspecified atom stereocenters. The van der Waals surface area contributed by atoms with E-state index in [4.69, 9.17) is 9.15 Å². The lowest BCUT2D eigenvalue weighted by atomic mass is 10.2. The molecule has 0 saturated heterocycles. The van der Waals surface area contributed by atoms with Gasteiger partial charge in [0.15, 0.2) is 0 Å². The molecule has 0 saturated carbocycles. The smallest absolute Gasteiger partial charge is 0.210 e. The van der Waals surface area contributed by atoms with E-state index in [0.717, 1.165) is 0 Å². The second-order valence-electron chi connectivity index (χ2n) is 4.88. The highest BCUT2D eigenvalue weighted by Gasteiger charge is 2.27. The Hall–Kier alpha value is -2.27. The quantitative estimate of drug-likeness (QED) is 0.734. The summed E-state index contributed by atoms with van der Waals surface area (Å²) in [5.74, 6) is 1.10. The van der Waals surface area contributed by atoms with E-state index in [1.807, 2.05) is 19.1 Å². The fourth-order valence-corrected chi connectivity index (χ4v) is 4.15. The molecule has 0 radical (unpaired) electrons. The second-order valence-corrected chi connectivity index (χ2v) is 6.77. The van der Waals surface area contributed by atoms with Gasteiger partial charge in [-0.05, 0) is 36.4 Å². The number of hydrogen-bond donors (Lipinski definition) is 0. The van der Waals surface area contributed by atoms with Crippen LogP contribution in [0.5, 0.6) is 5.75 Å². The SMILES string of the molecule is CCc1oc2ccccc2c1S(=O)(=O)c1ccc(OC)cc1. The van der Waals surface area contributed by atoms with Crippen molar-refractivity contribution in [2.75, 3.05) is 7.11 Å². The molecule has 0 spiro atoms. The summed E-state index contributed by atoms with van der Waals surface area (Å²) in [5, 5.41) is 0.621. The number of furan rings is 1. The van der Waals surface area contributed by atoms with Gasteiger partial charge in [0.25, 0.3) is 0 Å². The third-order valence-electron chi connectivity index (χ3n) is 3.58. The molecule has 3 aromatic rings. The van der Waals surface area contributed by atoms with E-state index in [-0.39, 0.29) is 9.79 Å². The van der Waals surface area contributed by atoms with E-state index in [1.54, 1.807) is 43.5 Å². The summed E-state index contributed by atoms with van der Waals surface area (Å²) < 4.78 is 36.7. The van der Waals surface area contributed by atoms with Crippen molar-refractivity contribution in [2.45, 2.75) is 23.1 Å². The van der Waals surface area contributed by atoms with Gasteiger partial charge < -0.3 is 9.15 Å². The fourth-order valence-electron chi connectivity index (χ4n) is 2.47. The number of aryl methyl sites for hydroxylation is 1. The van der Waals surface area contributed by atoms with E-state index in [1.165, 1.54) is 0 Å². The Morgan fingerprint density at radius 3 is 2.36 bits per heavy atom. The number of para-hydroxylation sites is 1. The molecule has 2 aromatic carbocycles. The second kappa shape index (κ2) is 5.50. The molecule has 0 aliphatic carbocycles. The Balaban J connectivity index is 2.23. The molecule has 0 fully saturated rings. The summed E-state index contributed by atoms with van der Waals surface area (Å²) in [7, 11) is -2.10. The third-order valence-corrected chi connectivity index (χ3v) is 5.46. The number of rotatable bonds is 4. The lowest BCUT2D eigenvalue weighted by Crippen LogP contribution is -2.04. The van der Waals surface area contributed by atoms with Crippen molar-refractivity contribution in [3.8, 4) is 5.75 Å². The summed E-state index contributed by atoms with van der Waals surface area (Å²) in [4.78, 5) is 0.491. The van der Waals surface area contributed by atoms with Crippen LogP contribution in [-0.4, -0.2) is 15.5 Å². The van der Waals surface area contributed by atoms with Crippen molar-refractivity contribution >= 4 is 20.8 Å². The lowest BCUT2D eigenvalue weighted by Gasteiger charge is -2.06. The van der Waals surface area contributed by atoms with Crippen LogP contribution in [0.3, 0.4) is 0 Å². The highest BCUT2D eigenvalue weighted by atomic mass is 32.2. The van der Waals surface area contributed by atoms with Crippen LogP contribution >= 0.6 is 0 Å². The van der Waals surface area contributed by atoms with Crippen LogP contribution in [0.1, 0.15) is 12.7 Å². The van der Waals surface area contributed by atoms with E-state index in [2.05, 4.69) is 0 Å². The van der Waals surface area contributed by atoms with Gasteiger partial charge in [0.2, 0.25) is 9.84 Å².